The molecule has 3 heterocycles. The third-order valence-corrected chi connectivity index (χ3v) is 7.32. The highest BCUT2D eigenvalue weighted by Gasteiger charge is 2.47. The predicted octanol–water partition coefficient (Wildman–Crippen LogP) is 4.71. The quantitative estimate of drug-likeness (QED) is 0.448. The molecule has 8 heteroatoms. The number of hydrogen-bond acceptors (Lipinski definition) is 7. The van der Waals surface area contributed by atoms with Gasteiger partial charge in [-0.3, -0.25) is 9.78 Å². The molecule has 3 atom stereocenters. The van der Waals surface area contributed by atoms with E-state index in [-0.39, 0.29) is 11.6 Å². The lowest BCUT2D eigenvalue weighted by molar-refractivity contribution is 0.0779. The van der Waals surface area contributed by atoms with Gasteiger partial charge in [-0.25, -0.2) is 9.37 Å². The Hall–Kier alpha value is -3.31. The van der Waals surface area contributed by atoms with Crippen LogP contribution in [0.4, 0.5) is 15.8 Å². The number of carbonyl (C=O) groups excluding carboxylic acids is 1. The molecular weight excluding hydrogens is 413 g/mol. The molecule has 1 saturated carbocycles. The maximum Gasteiger partial charge on any atom is 0.191 e. The van der Waals surface area contributed by atoms with Crippen molar-refractivity contribution in [1.82, 2.24) is 14.9 Å². The van der Waals surface area contributed by atoms with Gasteiger partial charge in [-0.05, 0) is 54.5 Å². The standard InChI is InChI=1S/C23H20FN5OS/c24-16-1-3-17(4-2-16)28-20-5-6-26-9-18(20)22-10-27-23(31-22)21(30)8-14-7-15-11-29(13-25)12-19(14)15/h1-6,9-10,14-15,19H,7-8,11-12H2,(H,26,28). The second-order valence-electron chi connectivity index (χ2n) is 8.13. The molecule has 1 aromatic carbocycles. The van der Waals surface area contributed by atoms with Crippen molar-refractivity contribution in [3.05, 3.63) is 59.7 Å². The van der Waals surface area contributed by atoms with Crippen LogP contribution >= 0.6 is 11.3 Å². The average molecular weight is 434 g/mol. The van der Waals surface area contributed by atoms with Crippen LogP contribution in [-0.2, 0) is 0 Å². The van der Waals surface area contributed by atoms with Gasteiger partial charge >= 0.3 is 0 Å². The SMILES string of the molecule is N#CN1CC2CC(CC(=O)c3ncc(-c4cnccc4Nc4ccc(F)cc4)s3)C2C1. The van der Waals surface area contributed by atoms with Crippen molar-refractivity contribution in [1.29, 1.82) is 5.26 Å². The van der Waals surface area contributed by atoms with Gasteiger partial charge in [0.25, 0.3) is 0 Å². The van der Waals surface area contributed by atoms with E-state index in [0.717, 1.165) is 41.3 Å². The van der Waals surface area contributed by atoms with Crippen LogP contribution in [-0.4, -0.2) is 33.7 Å². The molecular formula is C23H20FN5OS. The summed E-state index contributed by atoms with van der Waals surface area (Å²) in [6.45, 7) is 1.61. The van der Waals surface area contributed by atoms with E-state index in [4.69, 9.17) is 5.26 Å². The molecule has 6 nitrogen and oxygen atoms in total. The normalized spacial score (nSPS) is 21.8. The Kier molecular flexibility index (Phi) is 5.12. The summed E-state index contributed by atoms with van der Waals surface area (Å²) >= 11 is 1.36. The number of likely N-dealkylation sites (tertiary alicyclic amines) is 1. The number of nitrogens with zero attached hydrogens (tertiary/aromatic N) is 4. The minimum absolute atomic E-state index is 0.0621. The molecule has 0 radical (unpaired) electrons. The molecule has 1 N–H and O–H groups in total. The Morgan fingerprint density at radius 2 is 2.10 bits per heavy atom. The van der Waals surface area contributed by atoms with Crippen molar-refractivity contribution < 1.29 is 9.18 Å². The van der Waals surface area contributed by atoms with Crippen LogP contribution in [0.2, 0.25) is 0 Å². The van der Waals surface area contributed by atoms with Crippen molar-refractivity contribution in [3.8, 4) is 16.6 Å². The third kappa shape index (κ3) is 3.89. The fraction of sp³-hybridized carbons (Fsp3) is 0.304. The molecule has 0 amide bonds. The molecule has 0 spiro atoms. The molecule has 156 valence electrons. The topological polar surface area (TPSA) is 81.9 Å². The number of nitrogens with one attached hydrogen (secondary N) is 1. The van der Waals surface area contributed by atoms with E-state index in [1.807, 2.05) is 6.07 Å². The van der Waals surface area contributed by atoms with E-state index in [1.165, 1.54) is 23.5 Å². The van der Waals surface area contributed by atoms with Crippen LogP contribution in [0.1, 0.15) is 22.6 Å². The van der Waals surface area contributed by atoms with Gasteiger partial charge in [0.2, 0.25) is 0 Å². The van der Waals surface area contributed by atoms with Gasteiger partial charge < -0.3 is 10.2 Å². The Morgan fingerprint density at radius 1 is 1.26 bits per heavy atom. The number of carbonyl (C=O) groups is 1. The van der Waals surface area contributed by atoms with E-state index < -0.39 is 0 Å². The lowest BCUT2D eigenvalue weighted by Gasteiger charge is -2.38. The lowest BCUT2D eigenvalue weighted by atomic mass is 9.65. The number of nitriles is 1. The number of aromatic nitrogens is 2. The zero-order chi connectivity index (χ0) is 21.4. The fourth-order valence-electron chi connectivity index (χ4n) is 4.61. The molecule has 3 aromatic rings. The van der Waals surface area contributed by atoms with Crippen molar-refractivity contribution >= 4 is 28.5 Å². The minimum Gasteiger partial charge on any atom is -0.355 e. The molecule has 5 rings (SSSR count). The predicted molar refractivity (Wildman–Crippen MR) is 116 cm³/mol. The number of fused-ring (bicyclic) bond motifs is 1. The average Bonchev–Trinajstić information content (AvgIpc) is 3.39. The van der Waals surface area contributed by atoms with Gasteiger partial charge in [0.1, 0.15) is 5.82 Å². The van der Waals surface area contributed by atoms with Crippen molar-refractivity contribution in [2.24, 2.45) is 17.8 Å². The summed E-state index contributed by atoms with van der Waals surface area (Å²) in [4.78, 5) is 24.1. The van der Waals surface area contributed by atoms with Crippen molar-refractivity contribution in [2.45, 2.75) is 12.8 Å². The number of pyridine rings is 1. The molecule has 1 aliphatic heterocycles. The van der Waals surface area contributed by atoms with Crippen LogP contribution in [0, 0.1) is 35.0 Å². The molecule has 1 saturated heterocycles. The highest BCUT2D eigenvalue weighted by molar-refractivity contribution is 7.17. The fourth-order valence-corrected chi connectivity index (χ4v) is 5.49. The summed E-state index contributed by atoms with van der Waals surface area (Å²) in [5.74, 6) is 1.12. The zero-order valence-corrected chi connectivity index (χ0v) is 17.5. The second kappa shape index (κ2) is 8.08. The minimum atomic E-state index is -0.290. The largest absolute Gasteiger partial charge is 0.355 e. The van der Waals surface area contributed by atoms with Crippen LogP contribution in [0.25, 0.3) is 10.4 Å². The first kappa shape index (κ1) is 19.6. The summed E-state index contributed by atoms with van der Waals surface area (Å²) < 4.78 is 13.2. The molecule has 2 aliphatic rings. The summed E-state index contributed by atoms with van der Waals surface area (Å²) in [7, 11) is 0. The van der Waals surface area contributed by atoms with Crippen molar-refractivity contribution in [3.63, 3.8) is 0 Å². The first-order valence-corrected chi connectivity index (χ1v) is 11.0. The first-order chi connectivity index (χ1) is 15.1. The lowest BCUT2D eigenvalue weighted by Crippen LogP contribution is -2.36. The number of halogens is 1. The summed E-state index contributed by atoms with van der Waals surface area (Å²) in [5, 5.41) is 12.9. The number of hydrogen-bond donors (Lipinski definition) is 1. The van der Waals surface area contributed by atoms with Gasteiger partial charge in [-0.1, -0.05) is 0 Å². The van der Waals surface area contributed by atoms with E-state index in [0.29, 0.717) is 29.2 Å². The molecule has 2 aromatic heterocycles. The van der Waals surface area contributed by atoms with Gasteiger partial charge in [0, 0.05) is 49.4 Å². The second-order valence-corrected chi connectivity index (χ2v) is 9.17. The maximum absolute atomic E-state index is 13.2. The Balaban J connectivity index is 1.29. The number of Topliss-reactive ketones (excluding diaryl/α,β-unsaturated/α-hetero) is 1. The molecule has 31 heavy (non-hydrogen) atoms. The third-order valence-electron chi connectivity index (χ3n) is 6.25. The Bertz CT molecular complexity index is 1160. The molecule has 3 unspecified atom stereocenters. The number of benzene rings is 1. The number of ketones is 1. The van der Waals surface area contributed by atoms with Crippen molar-refractivity contribution in [2.75, 3.05) is 18.4 Å². The molecule has 2 fully saturated rings. The number of thiazole rings is 1. The van der Waals surface area contributed by atoms with Crippen LogP contribution < -0.4 is 5.32 Å². The van der Waals surface area contributed by atoms with Gasteiger partial charge in [-0.2, -0.15) is 5.26 Å². The zero-order valence-electron chi connectivity index (χ0n) is 16.7. The van der Waals surface area contributed by atoms with E-state index in [2.05, 4.69) is 21.5 Å². The van der Waals surface area contributed by atoms with Gasteiger partial charge in [-0.15, -0.1) is 11.3 Å². The van der Waals surface area contributed by atoms with Crippen LogP contribution in [0.5, 0.6) is 0 Å². The van der Waals surface area contributed by atoms with Crippen LogP contribution in [0.15, 0.2) is 48.9 Å². The maximum atomic E-state index is 13.2. The molecule has 0 bridgehead atoms. The highest BCUT2D eigenvalue weighted by Crippen LogP contribution is 2.47. The highest BCUT2D eigenvalue weighted by atomic mass is 32.1. The smallest absolute Gasteiger partial charge is 0.191 e. The first-order valence-electron chi connectivity index (χ1n) is 10.2. The van der Waals surface area contributed by atoms with Gasteiger partial charge in [0.05, 0.1) is 10.6 Å². The van der Waals surface area contributed by atoms with E-state index in [9.17, 15) is 9.18 Å². The van der Waals surface area contributed by atoms with Crippen LogP contribution in [0.3, 0.4) is 0 Å². The summed E-state index contributed by atoms with van der Waals surface area (Å²) in [5.41, 5.74) is 2.42. The van der Waals surface area contributed by atoms with Gasteiger partial charge in [0.15, 0.2) is 17.0 Å². The Morgan fingerprint density at radius 3 is 2.90 bits per heavy atom. The van der Waals surface area contributed by atoms with E-state index >= 15 is 0 Å². The monoisotopic (exact) mass is 433 g/mol. The summed E-state index contributed by atoms with van der Waals surface area (Å²) in [6.07, 6.45) is 8.85. The Labute approximate surface area is 183 Å². The summed E-state index contributed by atoms with van der Waals surface area (Å²) in [6, 6.07) is 7.98. The molecule has 1 aliphatic carbocycles. The number of rotatable bonds is 6. The van der Waals surface area contributed by atoms with E-state index in [1.54, 1.807) is 35.6 Å². The number of anilines is 2.